The Morgan fingerprint density at radius 3 is 2.58 bits per heavy atom. The number of nitrogens with zero attached hydrogens (tertiary/aromatic N) is 2. The van der Waals surface area contributed by atoms with Crippen LogP contribution in [0.5, 0.6) is 0 Å². The summed E-state index contributed by atoms with van der Waals surface area (Å²) in [6, 6.07) is 6.17. The minimum Gasteiger partial charge on any atom is -0.359 e. The minimum absolute atomic E-state index is 0. The Morgan fingerprint density at radius 2 is 2.00 bits per heavy atom. The molecule has 0 aliphatic rings. The molecule has 2 aromatic rings. The summed E-state index contributed by atoms with van der Waals surface area (Å²) < 4.78 is 6.54. The molecule has 0 bridgehead atoms. The predicted molar refractivity (Wildman–Crippen MR) is 114 cm³/mol. The van der Waals surface area contributed by atoms with Crippen LogP contribution >= 0.6 is 51.2 Å². The lowest BCUT2D eigenvalue weighted by Crippen LogP contribution is -2.36. The van der Waals surface area contributed by atoms with Crippen LogP contribution in [0.3, 0.4) is 0 Å². The van der Waals surface area contributed by atoms with E-state index < -0.39 is 0 Å². The van der Waals surface area contributed by atoms with Crippen molar-refractivity contribution < 1.29 is 4.52 Å². The molecule has 2 heterocycles. The first-order valence-corrected chi connectivity index (χ1v) is 9.41. The second-order valence-corrected chi connectivity index (χ2v) is 7.76. The fourth-order valence-corrected chi connectivity index (χ4v) is 3.74. The van der Waals surface area contributed by atoms with E-state index in [9.17, 15) is 0 Å². The summed E-state index contributed by atoms with van der Waals surface area (Å²) in [6.07, 6.45) is 2.16. The number of rotatable bonds is 7. The van der Waals surface area contributed by atoms with Crippen LogP contribution in [0.1, 0.15) is 48.9 Å². The molecule has 0 saturated carbocycles. The van der Waals surface area contributed by atoms with E-state index in [2.05, 4.69) is 56.6 Å². The minimum atomic E-state index is 0. The van der Waals surface area contributed by atoms with Crippen molar-refractivity contribution in [2.24, 2.45) is 4.99 Å². The first-order chi connectivity index (χ1) is 11.2. The zero-order valence-corrected chi connectivity index (χ0v) is 18.9. The molecule has 8 heteroatoms. The summed E-state index contributed by atoms with van der Waals surface area (Å²) in [6.45, 7) is 5.66. The van der Waals surface area contributed by atoms with E-state index in [0.717, 1.165) is 40.6 Å². The Labute approximate surface area is 172 Å². The molecule has 134 valence electrons. The zero-order valence-electron chi connectivity index (χ0n) is 14.1. The Morgan fingerprint density at radius 1 is 1.29 bits per heavy atom. The Hall–Kier alpha value is -0.610. The van der Waals surface area contributed by atoms with Gasteiger partial charge in [-0.1, -0.05) is 19.0 Å². The number of hydrogen-bond donors (Lipinski definition) is 2. The van der Waals surface area contributed by atoms with Crippen molar-refractivity contribution >= 4 is 57.2 Å². The number of guanidine groups is 1. The second kappa shape index (κ2) is 11.1. The van der Waals surface area contributed by atoms with Gasteiger partial charge < -0.3 is 15.2 Å². The van der Waals surface area contributed by atoms with E-state index in [-0.39, 0.29) is 24.0 Å². The highest BCUT2D eigenvalue weighted by atomic mass is 127. The Kier molecular flexibility index (Phi) is 9.91. The lowest BCUT2D eigenvalue weighted by Gasteiger charge is -2.09. The van der Waals surface area contributed by atoms with Gasteiger partial charge in [0.15, 0.2) is 11.7 Å². The van der Waals surface area contributed by atoms with Gasteiger partial charge in [0.1, 0.15) is 0 Å². The molecule has 24 heavy (non-hydrogen) atoms. The zero-order chi connectivity index (χ0) is 16.7. The van der Waals surface area contributed by atoms with E-state index in [0.29, 0.717) is 12.5 Å². The van der Waals surface area contributed by atoms with Crippen molar-refractivity contribution in [2.45, 2.75) is 45.7 Å². The first kappa shape index (κ1) is 21.4. The first-order valence-electron chi connectivity index (χ1n) is 7.80. The van der Waals surface area contributed by atoms with Crippen LogP contribution < -0.4 is 10.6 Å². The van der Waals surface area contributed by atoms with Crippen molar-refractivity contribution in [3.05, 3.63) is 38.3 Å². The predicted octanol–water partition coefficient (Wildman–Crippen LogP) is 4.89. The highest BCUT2D eigenvalue weighted by molar-refractivity contribution is 14.0. The molecule has 0 aliphatic carbocycles. The molecular formula is C16H24BrIN4OS. The number of thiophene rings is 1. The fourth-order valence-electron chi connectivity index (χ4n) is 2.32. The van der Waals surface area contributed by atoms with Gasteiger partial charge in [0.25, 0.3) is 0 Å². The van der Waals surface area contributed by atoms with E-state index in [1.165, 1.54) is 4.88 Å². The molecule has 0 atom stereocenters. The molecule has 0 fully saturated rings. The molecule has 0 aromatic carbocycles. The molecule has 0 spiro atoms. The van der Waals surface area contributed by atoms with Gasteiger partial charge in [-0.2, -0.15) is 0 Å². The largest absolute Gasteiger partial charge is 0.359 e. The quantitative estimate of drug-likeness (QED) is 0.306. The third kappa shape index (κ3) is 6.36. The lowest BCUT2D eigenvalue weighted by molar-refractivity contribution is 0.368. The summed E-state index contributed by atoms with van der Waals surface area (Å²) in [4.78, 5) is 5.47. The summed E-state index contributed by atoms with van der Waals surface area (Å²) in [5.41, 5.74) is 1.04. The standard InChI is InChI=1S/C16H23BrN4OS.HI/c1-4-11(5-2)14-8-12(22-21-14)9-19-16(18-3)20-10-13-6-7-15(17)23-13;/h6-8,11H,4-5,9-10H2,1-3H3,(H2,18,19,20);1H. The number of nitrogens with one attached hydrogen (secondary N) is 2. The van der Waals surface area contributed by atoms with Crippen LogP contribution in [0, 0.1) is 0 Å². The van der Waals surface area contributed by atoms with Crippen LogP contribution in [0.15, 0.2) is 31.5 Å². The molecule has 0 aliphatic heterocycles. The van der Waals surface area contributed by atoms with Crippen molar-refractivity contribution in [1.82, 2.24) is 15.8 Å². The number of hydrogen-bond acceptors (Lipinski definition) is 4. The summed E-state index contributed by atoms with van der Waals surface area (Å²) in [5.74, 6) is 2.05. The van der Waals surface area contributed by atoms with Gasteiger partial charge in [-0.25, -0.2) is 0 Å². The highest BCUT2D eigenvalue weighted by Crippen LogP contribution is 2.22. The van der Waals surface area contributed by atoms with Crippen LogP contribution in [-0.2, 0) is 13.1 Å². The van der Waals surface area contributed by atoms with Gasteiger partial charge >= 0.3 is 0 Å². The van der Waals surface area contributed by atoms with Crippen LogP contribution in [0.4, 0.5) is 0 Å². The van der Waals surface area contributed by atoms with Crippen LogP contribution in [-0.4, -0.2) is 18.2 Å². The third-order valence-electron chi connectivity index (χ3n) is 3.69. The summed E-state index contributed by atoms with van der Waals surface area (Å²) in [7, 11) is 1.76. The van der Waals surface area contributed by atoms with Crippen LogP contribution in [0.2, 0.25) is 0 Å². The molecule has 2 N–H and O–H groups in total. The number of aromatic nitrogens is 1. The van der Waals surface area contributed by atoms with Gasteiger partial charge in [0.2, 0.25) is 0 Å². The maximum atomic E-state index is 5.41. The maximum Gasteiger partial charge on any atom is 0.191 e. The molecule has 5 nitrogen and oxygen atoms in total. The Balaban J connectivity index is 0.00000288. The van der Waals surface area contributed by atoms with E-state index in [1.807, 2.05) is 12.1 Å². The molecule has 2 rings (SSSR count). The van der Waals surface area contributed by atoms with Gasteiger partial charge in [0, 0.05) is 23.9 Å². The average molecular weight is 527 g/mol. The maximum absolute atomic E-state index is 5.41. The second-order valence-electron chi connectivity index (χ2n) is 5.22. The Bertz CT molecular complexity index is 640. The lowest BCUT2D eigenvalue weighted by atomic mass is 9.99. The SMILES string of the molecule is CCC(CC)c1cc(CNC(=NC)NCc2ccc(Br)s2)on1.I. The van der Waals surface area contributed by atoms with Gasteiger partial charge in [-0.3, -0.25) is 4.99 Å². The molecule has 0 amide bonds. The molecule has 0 unspecified atom stereocenters. The van der Waals surface area contributed by atoms with E-state index in [1.54, 1.807) is 18.4 Å². The molecule has 0 saturated heterocycles. The van der Waals surface area contributed by atoms with Crippen LogP contribution in [0.25, 0.3) is 0 Å². The van der Waals surface area contributed by atoms with E-state index >= 15 is 0 Å². The van der Waals surface area contributed by atoms with Crippen molar-refractivity contribution in [2.75, 3.05) is 7.05 Å². The highest BCUT2D eigenvalue weighted by Gasteiger charge is 2.13. The van der Waals surface area contributed by atoms with Gasteiger partial charge in [0.05, 0.1) is 22.6 Å². The fraction of sp³-hybridized carbons (Fsp3) is 0.500. The third-order valence-corrected chi connectivity index (χ3v) is 5.32. The van der Waals surface area contributed by atoms with Crippen molar-refractivity contribution in [3.63, 3.8) is 0 Å². The topological polar surface area (TPSA) is 62.5 Å². The number of aliphatic imine (C=N–C) groups is 1. The van der Waals surface area contributed by atoms with Crippen molar-refractivity contribution in [1.29, 1.82) is 0 Å². The molecule has 0 radical (unpaired) electrons. The normalized spacial score (nSPS) is 11.5. The van der Waals surface area contributed by atoms with Gasteiger partial charge in [-0.15, -0.1) is 35.3 Å². The van der Waals surface area contributed by atoms with E-state index in [4.69, 9.17) is 4.52 Å². The summed E-state index contributed by atoms with van der Waals surface area (Å²) >= 11 is 5.18. The molecular weight excluding hydrogens is 503 g/mol. The average Bonchev–Trinajstić information content (AvgIpc) is 3.18. The monoisotopic (exact) mass is 526 g/mol. The molecule has 2 aromatic heterocycles. The van der Waals surface area contributed by atoms with Crippen molar-refractivity contribution in [3.8, 4) is 0 Å². The summed E-state index contributed by atoms with van der Waals surface area (Å²) in [5, 5.41) is 10.7. The number of halogens is 2. The van der Waals surface area contributed by atoms with Gasteiger partial charge in [-0.05, 0) is 40.9 Å². The smallest absolute Gasteiger partial charge is 0.191 e.